The standard InChI is InChI=1S/C24H30N2O3/c1-19(21-8-5-9-22(15-21)25-10-12-28-13-11-25)16-26-17-23(29-24(26)18-27)14-20-6-3-2-4-7-20/h2-9,15,18-19,23-24H,10-14,16-17H2,1H3. The third-order valence-electron chi connectivity index (χ3n) is 5.88. The lowest BCUT2D eigenvalue weighted by atomic mass is 9.99. The lowest BCUT2D eigenvalue weighted by Crippen LogP contribution is -2.36. The van der Waals surface area contributed by atoms with Crippen LogP contribution in [0.25, 0.3) is 0 Å². The number of morpholine rings is 1. The molecule has 4 rings (SSSR count). The summed E-state index contributed by atoms with van der Waals surface area (Å²) in [5.41, 5.74) is 3.80. The summed E-state index contributed by atoms with van der Waals surface area (Å²) in [7, 11) is 0. The number of aldehydes is 1. The molecule has 0 N–H and O–H groups in total. The van der Waals surface area contributed by atoms with Gasteiger partial charge in [-0.3, -0.25) is 9.69 Å². The second-order valence-electron chi connectivity index (χ2n) is 8.02. The molecule has 3 atom stereocenters. The van der Waals surface area contributed by atoms with Gasteiger partial charge in [0.05, 0.1) is 19.3 Å². The molecular formula is C24H30N2O3. The number of ether oxygens (including phenoxy) is 2. The van der Waals surface area contributed by atoms with Crippen molar-refractivity contribution in [1.82, 2.24) is 4.90 Å². The Morgan fingerprint density at radius 1 is 1.10 bits per heavy atom. The lowest BCUT2D eigenvalue weighted by Gasteiger charge is -2.30. The van der Waals surface area contributed by atoms with Crippen molar-refractivity contribution in [3.05, 3.63) is 65.7 Å². The Bertz CT molecular complexity index is 792. The van der Waals surface area contributed by atoms with Gasteiger partial charge in [0.1, 0.15) is 0 Å². The van der Waals surface area contributed by atoms with E-state index >= 15 is 0 Å². The van der Waals surface area contributed by atoms with Crippen LogP contribution >= 0.6 is 0 Å². The zero-order valence-corrected chi connectivity index (χ0v) is 17.1. The van der Waals surface area contributed by atoms with E-state index in [-0.39, 0.29) is 6.10 Å². The summed E-state index contributed by atoms with van der Waals surface area (Å²) in [6.07, 6.45) is 1.37. The van der Waals surface area contributed by atoms with Crippen LogP contribution in [0.3, 0.4) is 0 Å². The van der Waals surface area contributed by atoms with Gasteiger partial charge in [0.25, 0.3) is 0 Å². The van der Waals surface area contributed by atoms with Crippen molar-refractivity contribution in [2.24, 2.45) is 0 Å². The first-order valence-corrected chi connectivity index (χ1v) is 10.5. The Kier molecular flexibility index (Phi) is 6.60. The van der Waals surface area contributed by atoms with Gasteiger partial charge in [-0.15, -0.1) is 0 Å². The number of carbonyl (C=O) groups is 1. The molecule has 5 heteroatoms. The minimum atomic E-state index is -0.450. The summed E-state index contributed by atoms with van der Waals surface area (Å²) in [5.74, 6) is 0.317. The van der Waals surface area contributed by atoms with E-state index in [1.807, 2.05) is 18.2 Å². The van der Waals surface area contributed by atoms with E-state index in [2.05, 4.69) is 53.1 Å². The molecule has 0 radical (unpaired) electrons. The highest BCUT2D eigenvalue weighted by Gasteiger charge is 2.33. The maximum atomic E-state index is 11.6. The molecule has 0 saturated carbocycles. The molecule has 0 amide bonds. The largest absolute Gasteiger partial charge is 0.378 e. The second-order valence-corrected chi connectivity index (χ2v) is 8.02. The zero-order valence-electron chi connectivity index (χ0n) is 17.1. The first-order chi connectivity index (χ1) is 14.2. The van der Waals surface area contributed by atoms with Gasteiger partial charge in [-0.2, -0.15) is 0 Å². The quantitative estimate of drug-likeness (QED) is 0.675. The molecule has 2 aliphatic rings. The Labute approximate surface area is 173 Å². The molecule has 2 fully saturated rings. The molecule has 29 heavy (non-hydrogen) atoms. The maximum absolute atomic E-state index is 11.6. The van der Waals surface area contributed by atoms with Crippen LogP contribution in [0, 0.1) is 0 Å². The van der Waals surface area contributed by atoms with Crippen LogP contribution in [0.2, 0.25) is 0 Å². The van der Waals surface area contributed by atoms with Gasteiger partial charge >= 0.3 is 0 Å². The van der Waals surface area contributed by atoms with Crippen LogP contribution in [0.15, 0.2) is 54.6 Å². The number of anilines is 1. The maximum Gasteiger partial charge on any atom is 0.167 e. The SMILES string of the molecule is CC(CN1CC(Cc2ccccc2)OC1C=O)c1cccc(N2CCOCC2)c1. The number of carbonyl (C=O) groups excluding carboxylic acids is 1. The van der Waals surface area contributed by atoms with E-state index in [9.17, 15) is 4.79 Å². The molecule has 2 aromatic carbocycles. The highest BCUT2D eigenvalue weighted by atomic mass is 16.5. The van der Waals surface area contributed by atoms with Gasteiger partial charge in [-0.25, -0.2) is 0 Å². The van der Waals surface area contributed by atoms with Gasteiger partial charge in [0.15, 0.2) is 12.5 Å². The molecule has 2 saturated heterocycles. The van der Waals surface area contributed by atoms with Gasteiger partial charge in [0.2, 0.25) is 0 Å². The van der Waals surface area contributed by atoms with Crippen molar-refractivity contribution in [2.45, 2.75) is 31.6 Å². The molecule has 2 aromatic rings. The third-order valence-corrected chi connectivity index (χ3v) is 5.88. The minimum Gasteiger partial charge on any atom is -0.378 e. The van der Waals surface area contributed by atoms with Crippen molar-refractivity contribution in [1.29, 1.82) is 0 Å². The Morgan fingerprint density at radius 3 is 2.66 bits per heavy atom. The molecule has 0 spiro atoms. The summed E-state index contributed by atoms with van der Waals surface area (Å²) in [6.45, 7) is 7.26. The van der Waals surface area contributed by atoms with Gasteiger partial charge < -0.3 is 14.4 Å². The zero-order chi connectivity index (χ0) is 20.1. The molecule has 0 aromatic heterocycles. The summed E-state index contributed by atoms with van der Waals surface area (Å²) < 4.78 is 11.5. The van der Waals surface area contributed by atoms with E-state index in [1.165, 1.54) is 16.8 Å². The fraction of sp³-hybridized carbons (Fsp3) is 0.458. The predicted octanol–water partition coefficient (Wildman–Crippen LogP) is 3.10. The first-order valence-electron chi connectivity index (χ1n) is 10.5. The smallest absolute Gasteiger partial charge is 0.167 e. The van der Waals surface area contributed by atoms with Crippen LogP contribution in [-0.4, -0.2) is 62.9 Å². The summed E-state index contributed by atoms with van der Waals surface area (Å²) in [4.78, 5) is 16.2. The molecule has 2 heterocycles. The third kappa shape index (κ3) is 5.04. The second kappa shape index (κ2) is 9.53. The summed E-state index contributed by atoms with van der Waals surface area (Å²) >= 11 is 0. The molecule has 154 valence electrons. The minimum absolute atomic E-state index is 0.0551. The molecule has 0 aliphatic carbocycles. The molecule has 5 nitrogen and oxygen atoms in total. The number of hydrogen-bond donors (Lipinski definition) is 0. The van der Waals surface area contributed by atoms with E-state index in [1.54, 1.807) is 0 Å². The highest BCUT2D eigenvalue weighted by Crippen LogP contribution is 2.26. The summed E-state index contributed by atoms with van der Waals surface area (Å²) in [5, 5.41) is 0. The molecular weight excluding hydrogens is 364 g/mol. The fourth-order valence-corrected chi connectivity index (χ4v) is 4.28. The van der Waals surface area contributed by atoms with Gasteiger partial charge in [0, 0.05) is 31.9 Å². The average molecular weight is 395 g/mol. The van der Waals surface area contributed by atoms with Crippen molar-refractivity contribution < 1.29 is 14.3 Å². The Morgan fingerprint density at radius 2 is 1.90 bits per heavy atom. The predicted molar refractivity (Wildman–Crippen MR) is 114 cm³/mol. The highest BCUT2D eigenvalue weighted by molar-refractivity contribution is 5.56. The normalized spacial score (nSPS) is 23.8. The molecule has 3 unspecified atom stereocenters. The van der Waals surface area contributed by atoms with Crippen LogP contribution in [0.1, 0.15) is 24.0 Å². The molecule has 2 aliphatic heterocycles. The number of benzene rings is 2. The van der Waals surface area contributed by atoms with Crippen LogP contribution in [-0.2, 0) is 20.7 Å². The van der Waals surface area contributed by atoms with Gasteiger partial charge in [-0.05, 0) is 35.6 Å². The average Bonchev–Trinajstić information content (AvgIpc) is 3.16. The van der Waals surface area contributed by atoms with Crippen LogP contribution in [0.5, 0.6) is 0 Å². The number of nitrogens with zero attached hydrogens (tertiary/aromatic N) is 2. The molecule has 0 bridgehead atoms. The van der Waals surface area contributed by atoms with E-state index < -0.39 is 6.23 Å². The Balaban J connectivity index is 1.39. The van der Waals surface area contributed by atoms with Crippen LogP contribution in [0.4, 0.5) is 5.69 Å². The van der Waals surface area contributed by atoms with E-state index in [0.29, 0.717) is 5.92 Å². The van der Waals surface area contributed by atoms with Crippen molar-refractivity contribution >= 4 is 12.0 Å². The van der Waals surface area contributed by atoms with E-state index in [4.69, 9.17) is 9.47 Å². The number of rotatable bonds is 7. The van der Waals surface area contributed by atoms with Gasteiger partial charge in [-0.1, -0.05) is 49.4 Å². The van der Waals surface area contributed by atoms with Crippen molar-refractivity contribution in [3.63, 3.8) is 0 Å². The lowest BCUT2D eigenvalue weighted by molar-refractivity contribution is -0.123. The van der Waals surface area contributed by atoms with Crippen molar-refractivity contribution in [2.75, 3.05) is 44.3 Å². The van der Waals surface area contributed by atoms with Crippen molar-refractivity contribution in [3.8, 4) is 0 Å². The monoisotopic (exact) mass is 394 g/mol. The fourth-order valence-electron chi connectivity index (χ4n) is 4.28. The topological polar surface area (TPSA) is 42.0 Å². The number of hydrogen-bond acceptors (Lipinski definition) is 5. The summed E-state index contributed by atoms with van der Waals surface area (Å²) in [6, 6.07) is 19.1. The van der Waals surface area contributed by atoms with Crippen LogP contribution < -0.4 is 4.90 Å². The van der Waals surface area contributed by atoms with E-state index in [0.717, 1.165) is 52.1 Å². The Hall–Kier alpha value is -2.21. The first kappa shape index (κ1) is 20.1.